The second-order valence-corrected chi connectivity index (χ2v) is 7.37. The first kappa shape index (κ1) is 17.0. The fourth-order valence-corrected chi connectivity index (χ4v) is 3.73. The minimum atomic E-state index is -0.0907. The van der Waals surface area contributed by atoms with Gasteiger partial charge in [0.25, 0.3) is 0 Å². The first-order valence-electron chi connectivity index (χ1n) is 8.23. The van der Waals surface area contributed by atoms with E-state index in [4.69, 9.17) is 0 Å². The van der Waals surface area contributed by atoms with E-state index in [0.29, 0.717) is 18.2 Å². The molecule has 3 rings (SSSR count). The highest BCUT2D eigenvalue weighted by Crippen LogP contribution is 2.22. The van der Waals surface area contributed by atoms with E-state index in [-0.39, 0.29) is 12.5 Å². The predicted octanol–water partition coefficient (Wildman–Crippen LogP) is 1.10. The zero-order chi connectivity index (χ0) is 17.1. The lowest BCUT2D eigenvalue weighted by Crippen LogP contribution is -2.39. The van der Waals surface area contributed by atoms with Crippen LogP contribution in [-0.4, -0.2) is 48.8 Å². The molecule has 0 atom stereocenters. The Kier molecular flexibility index (Phi) is 5.25. The number of thiazole rings is 1. The number of rotatable bonds is 5. The summed E-state index contributed by atoms with van der Waals surface area (Å²) >= 11 is 1.58. The Bertz CT molecular complexity index is 703. The number of aliphatic hydroxyl groups excluding tert-OH is 1. The molecule has 0 saturated carbocycles. The number of nitrogens with zero attached hydrogens (tertiary/aromatic N) is 5. The van der Waals surface area contributed by atoms with Gasteiger partial charge < -0.3 is 14.6 Å². The molecule has 2 aromatic heterocycles. The lowest BCUT2D eigenvalue weighted by molar-refractivity contribution is -0.131. The van der Waals surface area contributed by atoms with Gasteiger partial charge in [-0.15, -0.1) is 21.5 Å². The smallest absolute Gasteiger partial charge is 0.228 e. The van der Waals surface area contributed by atoms with Crippen LogP contribution in [0, 0.1) is 12.8 Å². The molecule has 2 aromatic rings. The molecule has 130 valence electrons. The number of carbonyl (C=O) groups is 1. The summed E-state index contributed by atoms with van der Waals surface area (Å²) < 4.78 is 1.86. The highest BCUT2D eigenvalue weighted by Gasteiger charge is 2.24. The summed E-state index contributed by atoms with van der Waals surface area (Å²) in [5, 5.41) is 20.3. The summed E-state index contributed by atoms with van der Waals surface area (Å²) in [7, 11) is 1.88. The first-order valence-corrected chi connectivity index (χ1v) is 9.11. The van der Waals surface area contributed by atoms with Crippen LogP contribution in [0.3, 0.4) is 0 Å². The molecular formula is C16H23N5O2S. The highest BCUT2D eigenvalue weighted by molar-refractivity contribution is 7.09. The minimum Gasteiger partial charge on any atom is -0.388 e. The number of aromatic nitrogens is 4. The molecule has 1 aliphatic heterocycles. The van der Waals surface area contributed by atoms with Crippen molar-refractivity contribution in [3.8, 4) is 0 Å². The zero-order valence-electron chi connectivity index (χ0n) is 14.1. The van der Waals surface area contributed by atoms with Crippen LogP contribution in [0.1, 0.15) is 35.2 Å². The molecule has 3 heterocycles. The summed E-state index contributed by atoms with van der Waals surface area (Å²) in [6.45, 7) is 3.44. The largest absolute Gasteiger partial charge is 0.388 e. The number of aryl methyl sites for hydroxylation is 1. The van der Waals surface area contributed by atoms with E-state index in [2.05, 4.69) is 15.2 Å². The molecule has 1 saturated heterocycles. The van der Waals surface area contributed by atoms with E-state index in [0.717, 1.165) is 48.9 Å². The standard InChI is InChI=1S/C16H23N5O2S/c1-11-17-13(10-24-11)8-16(23)21-5-3-12(4-6-21)7-14-18-19-15(9-22)20(14)2/h10,12,22H,3-9H2,1-2H3. The van der Waals surface area contributed by atoms with Gasteiger partial charge >= 0.3 is 0 Å². The maximum Gasteiger partial charge on any atom is 0.228 e. The molecule has 8 heteroatoms. The summed E-state index contributed by atoms with van der Waals surface area (Å²) in [5.41, 5.74) is 0.875. The van der Waals surface area contributed by atoms with E-state index in [9.17, 15) is 9.90 Å². The minimum absolute atomic E-state index is 0.0907. The lowest BCUT2D eigenvalue weighted by atomic mass is 9.93. The van der Waals surface area contributed by atoms with Crippen molar-refractivity contribution in [2.24, 2.45) is 13.0 Å². The molecule has 0 radical (unpaired) electrons. The van der Waals surface area contributed by atoms with Crippen molar-refractivity contribution in [3.05, 3.63) is 27.7 Å². The first-order chi connectivity index (χ1) is 11.6. The van der Waals surface area contributed by atoms with Crippen molar-refractivity contribution in [3.63, 3.8) is 0 Å². The van der Waals surface area contributed by atoms with E-state index in [1.54, 1.807) is 11.3 Å². The normalized spacial score (nSPS) is 15.9. The van der Waals surface area contributed by atoms with E-state index >= 15 is 0 Å². The van der Waals surface area contributed by atoms with Crippen molar-refractivity contribution >= 4 is 17.2 Å². The summed E-state index contributed by atoms with van der Waals surface area (Å²) in [5.74, 6) is 2.17. The van der Waals surface area contributed by atoms with Gasteiger partial charge in [0.2, 0.25) is 5.91 Å². The fourth-order valence-electron chi connectivity index (χ4n) is 3.11. The van der Waals surface area contributed by atoms with Gasteiger partial charge in [-0.25, -0.2) is 4.98 Å². The van der Waals surface area contributed by atoms with Crippen LogP contribution in [0.2, 0.25) is 0 Å². The zero-order valence-corrected chi connectivity index (χ0v) is 14.9. The Hall–Kier alpha value is -1.80. The van der Waals surface area contributed by atoms with Crippen LogP contribution in [0.5, 0.6) is 0 Å². The van der Waals surface area contributed by atoms with Gasteiger partial charge in [-0.05, 0) is 25.7 Å². The van der Waals surface area contributed by atoms with Gasteiger partial charge in [-0.3, -0.25) is 4.79 Å². The molecule has 1 amide bonds. The van der Waals surface area contributed by atoms with Crippen LogP contribution in [0.25, 0.3) is 0 Å². The van der Waals surface area contributed by atoms with Crippen molar-refractivity contribution in [2.75, 3.05) is 13.1 Å². The molecule has 1 aliphatic rings. The molecule has 0 aromatic carbocycles. The van der Waals surface area contributed by atoms with Crippen molar-refractivity contribution in [1.29, 1.82) is 0 Å². The SMILES string of the molecule is Cc1nc(CC(=O)N2CCC(Cc3nnc(CO)n3C)CC2)cs1. The van der Waals surface area contributed by atoms with Gasteiger partial charge in [0, 0.05) is 31.9 Å². The average molecular weight is 349 g/mol. The third kappa shape index (κ3) is 3.81. The second-order valence-electron chi connectivity index (χ2n) is 6.31. The number of likely N-dealkylation sites (tertiary alicyclic amines) is 1. The molecule has 1 fully saturated rings. The number of carbonyl (C=O) groups excluding carboxylic acids is 1. The van der Waals surface area contributed by atoms with Gasteiger partial charge in [0.1, 0.15) is 12.4 Å². The Labute approximate surface area is 145 Å². The number of piperidine rings is 1. The predicted molar refractivity (Wildman–Crippen MR) is 90.5 cm³/mol. The van der Waals surface area contributed by atoms with E-state index in [1.807, 2.05) is 28.8 Å². The number of aliphatic hydroxyl groups is 1. The third-order valence-electron chi connectivity index (χ3n) is 4.63. The summed E-state index contributed by atoms with van der Waals surface area (Å²) in [6, 6.07) is 0. The fraction of sp³-hybridized carbons (Fsp3) is 0.625. The summed E-state index contributed by atoms with van der Waals surface area (Å²) in [6.07, 6.45) is 3.20. The lowest BCUT2D eigenvalue weighted by Gasteiger charge is -2.31. The Morgan fingerprint density at radius 3 is 2.62 bits per heavy atom. The van der Waals surface area contributed by atoms with Crippen molar-refractivity contribution in [1.82, 2.24) is 24.6 Å². The quantitative estimate of drug-likeness (QED) is 0.874. The molecule has 1 N–H and O–H groups in total. The Morgan fingerprint density at radius 2 is 2.04 bits per heavy atom. The van der Waals surface area contributed by atoms with Crippen LogP contribution in [0.4, 0.5) is 0 Å². The molecule has 7 nitrogen and oxygen atoms in total. The Morgan fingerprint density at radius 1 is 1.33 bits per heavy atom. The van der Waals surface area contributed by atoms with Gasteiger partial charge in [-0.2, -0.15) is 0 Å². The molecule has 0 unspecified atom stereocenters. The highest BCUT2D eigenvalue weighted by atomic mass is 32.1. The Balaban J connectivity index is 1.50. The molecule has 24 heavy (non-hydrogen) atoms. The summed E-state index contributed by atoms with van der Waals surface area (Å²) in [4.78, 5) is 18.7. The van der Waals surface area contributed by atoms with Crippen molar-refractivity contribution < 1.29 is 9.90 Å². The van der Waals surface area contributed by atoms with E-state index in [1.165, 1.54) is 0 Å². The third-order valence-corrected chi connectivity index (χ3v) is 5.46. The number of hydrogen-bond acceptors (Lipinski definition) is 6. The monoisotopic (exact) mass is 349 g/mol. The van der Waals surface area contributed by atoms with Crippen LogP contribution < -0.4 is 0 Å². The maximum absolute atomic E-state index is 12.4. The van der Waals surface area contributed by atoms with Gasteiger partial charge in [0.15, 0.2) is 5.82 Å². The molecule has 0 spiro atoms. The molecule has 0 bridgehead atoms. The van der Waals surface area contributed by atoms with Crippen LogP contribution >= 0.6 is 11.3 Å². The van der Waals surface area contributed by atoms with E-state index < -0.39 is 0 Å². The molecule has 0 aliphatic carbocycles. The van der Waals surface area contributed by atoms with Crippen molar-refractivity contribution in [2.45, 2.75) is 39.2 Å². The maximum atomic E-state index is 12.4. The van der Waals surface area contributed by atoms with Crippen LogP contribution in [0.15, 0.2) is 5.38 Å². The average Bonchev–Trinajstić information content (AvgIpc) is 3.14. The number of hydrogen-bond donors (Lipinski definition) is 1. The van der Waals surface area contributed by atoms with Gasteiger partial charge in [-0.1, -0.05) is 0 Å². The topological polar surface area (TPSA) is 84.1 Å². The number of amides is 1. The molecular weight excluding hydrogens is 326 g/mol. The van der Waals surface area contributed by atoms with Gasteiger partial charge in [0.05, 0.1) is 17.1 Å². The second kappa shape index (κ2) is 7.40. The van der Waals surface area contributed by atoms with Crippen LogP contribution in [-0.2, 0) is 31.3 Å².